The molecular formula is C27H30N2O5. The molecule has 7 nitrogen and oxygen atoms in total. The first-order valence-electron chi connectivity index (χ1n) is 12.0. The van der Waals surface area contributed by atoms with Crippen molar-refractivity contribution in [3.8, 4) is 11.1 Å². The van der Waals surface area contributed by atoms with Gasteiger partial charge in [-0.05, 0) is 41.0 Å². The molecule has 178 valence electrons. The zero-order valence-electron chi connectivity index (χ0n) is 19.5. The number of aliphatic carboxylic acids is 1. The van der Waals surface area contributed by atoms with Crippen LogP contribution in [0.3, 0.4) is 0 Å². The van der Waals surface area contributed by atoms with Crippen LogP contribution in [-0.4, -0.2) is 64.7 Å². The van der Waals surface area contributed by atoms with Gasteiger partial charge in [0, 0.05) is 24.9 Å². The highest BCUT2D eigenvalue weighted by molar-refractivity contribution is 5.92. The average molecular weight is 463 g/mol. The van der Waals surface area contributed by atoms with E-state index in [0.29, 0.717) is 25.9 Å². The fraction of sp³-hybridized carbons (Fsp3) is 0.444. The quantitative estimate of drug-likeness (QED) is 0.702. The molecule has 1 aliphatic carbocycles. The molecular weight excluding hydrogens is 432 g/mol. The molecule has 34 heavy (non-hydrogen) atoms. The maximum Gasteiger partial charge on any atom is 0.410 e. The molecule has 0 aromatic heterocycles. The first-order chi connectivity index (χ1) is 16.4. The van der Waals surface area contributed by atoms with Gasteiger partial charge in [-0.25, -0.2) is 9.59 Å². The first-order valence-corrected chi connectivity index (χ1v) is 12.0. The molecule has 2 saturated heterocycles. The van der Waals surface area contributed by atoms with Crippen LogP contribution in [-0.2, 0) is 14.3 Å². The molecule has 2 amide bonds. The van der Waals surface area contributed by atoms with E-state index in [1.165, 1.54) is 9.80 Å². The van der Waals surface area contributed by atoms with E-state index in [0.717, 1.165) is 22.3 Å². The molecule has 2 aromatic rings. The second-order valence-electron chi connectivity index (χ2n) is 9.97. The van der Waals surface area contributed by atoms with Gasteiger partial charge in [0.1, 0.15) is 18.7 Å². The Morgan fingerprint density at radius 2 is 1.68 bits per heavy atom. The third-order valence-electron chi connectivity index (χ3n) is 7.42. The normalized spacial score (nSPS) is 22.0. The second-order valence-corrected chi connectivity index (χ2v) is 9.97. The summed E-state index contributed by atoms with van der Waals surface area (Å²) in [6.45, 7) is 4.91. The number of hydrogen-bond donors (Lipinski definition) is 1. The van der Waals surface area contributed by atoms with E-state index >= 15 is 0 Å². The zero-order valence-corrected chi connectivity index (χ0v) is 19.5. The number of rotatable bonds is 6. The largest absolute Gasteiger partial charge is 0.480 e. The van der Waals surface area contributed by atoms with Crippen molar-refractivity contribution in [2.24, 2.45) is 11.8 Å². The van der Waals surface area contributed by atoms with Crippen LogP contribution in [0.2, 0.25) is 0 Å². The Hall–Kier alpha value is -3.35. The highest BCUT2D eigenvalue weighted by Crippen LogP contribution is 2.44. The summed E-state index contributed by atoms with van der Waals surface area (Å²) in [5.41, 5.74) is 4.59. The summed E-state index contributed by atoms with van der Waals surface area (Å²) < 4.78 is 5.79. The summed E-state index contributed by atoms with van der Waals surface area (Å²) in [7, 11) is 0. The number of ether oxygens (including phenoxy) is 1. The standard InChI is InChI=1S/C27H30N2O5/c1-16(2)13-23(26(31)32)29-14-17-11-12-28(24(17)25(29)30)27(33)34-15-22-20-9-5-3-7-18(20)19-8-4-6-10-21(19)22/h3-10,16-17,22-24H,11-15H2,1-2H3,(H,31,32)/t17-,23+,24-/m1/s1. The molecule has 2 fully saturated rings. The van der Waals surface area contributed by atoms with Crippen LogP contribution in [0.1, 0.15) is 43.7 Å². The lowest BCUT2D eigenvalue weighted by Gasteiger charge is -2.28. The second kappa shape index (κ2) is 8.78. The van der Waals surface area contributed by atoms with Gasteiger partial charge in [0.2, 0.25) is 5.91 Å². The topological polar surface area (TPSA) is 87.2 Å². The zero-order chi connectivity index (χ0) is 24.0. The molecule has 0 bridgehead atoms. The van der Waals surface area contributed by atoms with E-state index in [2.05, 4.69) is 24.3 Å². The Balaban J connectivity index is 1.29. The molecule has 3 atom stereocenters. The van der Waals surface area contributed by atoms with Gasteiger partial charge in [0.25, 0.3) is 0 Å². The highest BCUT2D eigenvalue weighted by atomic mass is 16.6. The van der Waals surface area contributed by atoms with Crippen LogP contribution in [0.4, 0.5) is 4.79 Å². The molecule has 0 radical (unpaired) electrons. The number of hydrogen-bond acceptors (Lipinski definition) is 4. The predicted molar refractivity (Wildman–Crippen MR) is 126 cm³/mol. The van der Waals surface area contributed by atoms with Crippen molar-refractivity contribution in [2.45, 2.75) is 44.7 Å². The predicted octanol–water partition coefficient (Wildman–Crippen LogP) is 3.97. The van der Waals surface area contributed by atoms with Gasteiger partial charge >= 0.3 is 12.1 Å². The van der Waals surface area contributed by atoms with Crippen molar-refractivity contribution in [3.05, 3.63) is 59.7 Å². The van der Waals surface area contributed by atoms with E-state index in [-0.39, 0.29) is 30.3 Å². The third kappa shape index (κ3) is 3.73. The molecule has 5 rings (SSSR count). The molecule has 1 N–H and O–H groups in total. The monoisotopic (exact) mass is 462 g/mol. The number of benzene rings is 2. The van der Waals surface area contributed by atoms with Gasteiger partial charge in [-0.1, -0.05) is 62.4 Å². The molecule has 2 aliphatic heterocycles. The van der Waals surface area contributed by atoms with Crippen LogP contribution in [0, 0.1) is 11.8 Å². The lowest BCUT2D eigenvalue weighted by molar-refractivity contribution is -0.150. The van der Waals surface area contributed by atoms with Crippen molar-refractivity contribution < 1.29 is 24.2 Å². The molecule has 0 saturated carbocycles. The van der Waals surface area contributed by atoms with Gasteiger partial charge in [-0.2, -0.15) is 0 Å². The third-order valence-corrected chi connectivity index (χ3v) is 7.42. The minimum Gasteiger partial charge on any atom is -0.480 e. The SMILES string of the molecule is CC(C)C[C@@H](C(=O)O)N1C[C@H]2CCN(C(=O)OCC3c4ccccc4-c4ccccc43)[C@H]2C1=O. The van der Waals surface area contributed by atoms with Crippen molar-refractivity contribution in [1.82, 2.24) is 9.80 Å². The van der Waals surface area contributed by atoms with Crippen LogP contribution in [0.5, 0.6) is 0 Å². The number of likely N-dealkylation sites (tertiary alicyclic amines) is 2. The summed E-state index contributed by atoms with van der Waals surface area (Å²) in [6, 6.07) is 14.8. The molecule has 2 aromatic carbocycles. The first kappa shape index (κ1) is 22.4. The molecule has 0 unspecified atom stereocenters. The minimum atomic E-state index is -0.991. The summed E-state index contributed by atoms with van der Waals surface area (Å²) in [6.07, 6.45) is 0.566. The van der Waals surface area contributed by atoms with Gasteiger partial charge in [-0.15, -0.1) is 0 Å². The van der Waals surface area contributed by atoms with Crippen molar-refractivity contribution in [3.63, 3.8) is 0 Å². The smallest absolute Gasteiger partial charge is 0.410 e. The van der Waals surface area contributed by atoms with Crippen LogP contribution in [0.25, 0.3) is 11.1 Å². The number of carboxylic acids is 1. The Morgan fingerprint density at radius 3 is 2.26 bits per heavy atom. The number of amides is 2. The van der Waals surface area contributed by atoms with Crippen molar-refractivity contribution in [2.75, 3.05) is 19.7 Å². The Bertz CT molecular complexity index is 1080. The van der Waals surface area contributed by atoms with Crippen LogP contribution in [0.15, 0.2) is 48.5 Å². The van der Waals surface area contributed by atoms with E-state index in [1.807, 2.05) is 38.1 Å². The van der Waals surface area contributed by atoms with E-state index < -0.39 is 24.1 Å². The van der Waals surface area contributed by atoms with Crippen LogP contribution >= 0.6 is 0 Å². The number of carbonyl (C=O) groups excluding carboxylic acids is 2. The maximum atomic E-state index is 13.2. The Kier molecular flexibility index (Phi) is 5.80. The lowest BCUT2D eigenvalue weighted by atomic mass is 9.98. The molecule has 7 heteroatoms. The summed E-state index contributed by atoms with van der Waals surface area (Å²) in [4.78, 5) is 41.2. The Morgan fingerprint density at radius 1 is 1.06 bits per heavy atom. The average Bonchev–Trinajstić information content (AvgIpc) is 3.47. The Labute approximate surface area is 199 Å². The summed E-state index contributed by atoms with van der Waals surface area (Å²) in [5, 5.41) is 9.71. The van der Waals surface area contributed by atoms with Gasteiger partial charge < -0.3 is 14.7 Å². The molecule has 0 spiro atoms. The van der Waals surface area contributed by atoms with E-state index in [1.54, 1.807) is 0 Å². The van der Waals surface area contributed by atoms with Crippen molar-refractivity contribution >= 4 is 18.0 Å². The van der Waals surface area contributed by atoms with Gasteiger partial charge in [0.15, 0.2) is 0 Å². The molecule has 3 aliphatic rings. The number of nitrogens with zero attached hydrogens (tertiary/aromatic N) is 2. The van der Waals surface area contributed by atoms with Crippen molar-refractivity contribution in [1.29, 1.82) is 0 Å². The van der Waals surface area contributed by atoms with E-state index in [9.17, 15) is 19.5 Å². The summed E-state index contributed by atoms with van der Waals surface area (Å²) in [5.74, 6) is -1.22. The lowest BCUT2D eigenvalue weighted by Crippen LogP contribution is -2.48. The van der Waals surface area contributed by atoms with Gasteiger partial charge in [-0.3, -0.25) is 9.69 Å². The minimum absolute atomic E-state index is 0.0482. The van der Waals surface area contributed by atoms with Crippen LogP contribution < -0.4 is 0 Å². The fourth-order valence-electron chi connectivity index (χ4n) is 5.87. The highest BCUT2D eigenvalue weighted by Gasteiger charge is 2.52. The van der Waals surface area contributed by atoms with Gasteiger partial charge in [0.05, 0.1) is 0 Å². The number of carbonyl (C=O) groups is 3. The number of carboxylic acid groups (broad SMARTS) is 1. The fourth-order valence-corrected chi connectivity index (χ4v) is 5.87. The summed E-state index contributed by atoms with van der Waals surface area (Å²) >= 11 is 0. The van der Waals surface area contributed by atoms with E-state index in [4.69, 9.17) is 4.74 Å². The molecule has 2 heterocycles. The number of fused-ring (bicyclic) bond motifs is 4. The maximum absolute atomic E-state index is 13.2.